The van der Waals surface area contributed by atoms with Crippen LogP contribution in [-0.4, -0.2) is 20.8 Å². The van der Waals surface area contributed by atoms with Gasteiger partial charge in [0.15, 0.2) is 5.65 Å². The molecule has 4 heteroatoms. The van der Waals surface area contributed by atoms with Crippen molar-refractivity contribution in [1.29, 1.82) is 0 Å². The molecule has 2 heterocycles. The summed E-state index contributed by atoms with van der Waals surface area (Å²) in [4.78, 5) is 4.50. The van der Waals surface area contributed by atoms with Crippen molar-refractivity contribution in [3.05, 3.63) is 24.0 Å². The Morgan fingerprint density at radius 2 is 2.18 bits per heavy atom. The van der Waals surface area contributed by atoms with E-state index in [1.807, 2.05) is 17.1 Å². The minimum Gasteiger partial charge on any atom is -0.310 e. The van der Waals surface area contributed by atoms with Gasteiger partial charge in [-0.1, -0.05) is 20.8 Å². The van der Waals surface area contributed by atoms with Crippen LogP contribution in [0.3, 0.4) is 0 Å². The molecule has 0 aliphatic heterocycles. The molecule has 2 rings (SSSR count). The molecular weight excluding hydrogens is 212 g/mol. The van der Waals surface area contributed by atoms with E-state index >= 15 is 0 Å². The predicted octanol–water partition coefficient (Wildman–Crippen LogP) is 2.34. The van der Waals surface area contributed by atoms with Gasteiger partial charge in [-0.25, -0.2) is 9.67 Å². The standard InChI is InChI=1S/C13H20N4/c1-4-5-17-13-12(9-16-17)6-11(8-15-13)7-14-10(2)3/h6,8-10,14H,4-5,7H2,1-3H3. The molecule has 0 bridgehead atoms. The predicted molar refractivity (Wildman–Crippen MR) is 69.8 cm³/mol. The molecular formula is C13H20N4. The lowest BCUT2D eigenvalue weighted by Gasteiger charge is -2.07. The van der Waals surface area contributed by atoms with Crippen LogP contribution in [0.1, 0.15) is 32.8 Å². The Morgan fingerprint density at radius 3 is 2.88 bits per heavy atom. The van der Waals surface area contributed by atoms with Gasteiger partial charge < -0.3 is 5.32 Å². The van der Waals surface area contributed by atoms with E-state index in [0.29, 0.717) is 6.04 Å². The number of hydrogen-bond donors (Lipinski definition) is 1. The van der Waals surface area contributed by atoms with E-state index in [4.69, 9.17) is 0 Å². The summed E-state index contributed by atoms with van der Waals surface area (Å²) in [5.74, 6) is 0. The van der Waals surface area contributed by atoms with Gasteiger partial charge in [-0.2, -0.15) is 5.10 Å². The van der Waals surface area contributed by atoms with E-state index in [-0.39, 0.29) is 0 Å². The lowest BCUT2D eigenvalue weighted by Crippen LogP contribution is -2.21. The number of aryl methyl sites for hydroxylation is 1. The molecule has 4 nitrogen and oxygen atoms in total. The fourth-order valence-corrected chi connectivity index (χ4v) is 1.81. The Labute approximate surface area is 102 Å². The molecule has 0 aliphatic carbocycles. The van der Waals surface area contributed by atoms with Crippen LogP contribution in [0, 0.1) is 0 Å². The smallest absolute Gasteiger partial charge is 0.157 e. The van der Waals surface area contributed by atoms with Crippen molar-refractivity contribution in [2.24, 2.45) is 0 Å². The topological polar surface area (TPSA) is 42.7 Å². The van der Waals surface area contributed by atoms with Crippen molar-refractivity contribution < 1.29 is 0 Å². The molecule has 1 N–H and O–H groups in total. The molecule has 0 atom stereocenters. The minimum absolute atomic E-state index is 0.494. The van der Waals surface area contributed by atoms with Crippen LogP contribution in [0.4, 0.5) is 0 Å². The van der Waals surface area contributed by atoms with E-state index < -0.39 is 0 Å². The number of fused-ring (bicyclic) bond motifs is 1. The van der Waals surface area contributed by atoms with Gasteiger partial charge in [0.1, 0.15) is 0 Å². The molecule has 0 spiro atoms. The zero-order chi connectivity index (χ0) is 12.3. The van der Waals surface area contributed by atoms with Crippen molar-refractivity contribution >= 4 is 11.0 Å². The van der Waals surface area contributed by atoms with Crippen molar-refractivity contribution in [3.8, 4) is 0 Å². The second-order valence-corrected chi connectivity index (χ2v) is 4.66. The Balaban J connectivity index is 2.20. The molecule has 0 radical (unpaired) electrons. The molecule has 0 unspecified atom stereocenters. The number of hydrogen-bond acceptors (Lipinski definition) is 3. The summed E-state index contributed by atoms with van der Waals surface area (Å²) in [6, 6.07) is 2.66. The van der Waals surface area contributed by atoms with Gasteiger partial charge in [0.25, 0.3) is 0 Å². The zero-order valence-corrected chi connectivity index (χ0v) is 10.8. The molecule has 2 aromatic rings. The molecule has 2 aromatic heterocycles. The quantitative estimate of drug-likeness (QED) is 0.860. The lowest BCUT2D eigenvalue weighted by molar-refractivity contribution is 0.588. The molecule has 0 aromatic carbocycles. The Bertz CT molecular complexity index is 487. The maximum absolute atomic E-state index is 4.50. The highest BCUT2D eigenvalue weighted by atomic mass is 15.3. The van der Waals surface area contributed by atoms with Gasteiger partial charge in [-0.3, -0.25) is 0 Å². The monoisotopic (exact) mass is 232 g/mol. The number of rotatable bonds is 5. The lowest BCUT2D eigenvalue weighted by atomic mass is 10.2. The highest BCUT2D eigenvalue weighted by Gasteiger charge is 2.04. The number of nitrogens with zero attached hydrogens (tertiary/aromatic N) is 3. The van der Waals surface area contributed by atoms with Crippen LogP contribution in [0.15, 0.2) is 18.5 Å². The molecule has 17 heavy (non-hydrogen) atoms. The number of pyridine rings is 1. The van der Waals surface area contributed by atoms with Gasteiger partial charge >= 0.3 is 0 Å². The molecule has 0 fully saturated rings. The van der Waals surface area contributed by atoms with E-state index in [1.54, 1.807) is 0 Å². The Morgan fingerprint density at radius 1 is 1.35 bits per heavy atom. The number of nitrogens with one attached hydrogen (secondary N) is 1. The molecule has 0 aliphatic rings. The first-order chi connectivity index (χ1) is 8.20. The SMILES string of the molecule is CCCn1ncc2cc(CNC(C)C)cnc21. The normalized spacial score (nSPS) is 11.5. The first-order valence-electron chi connectivity index (χ1n) is 6.24. The third kappa shape index (κ3) is 2.82. The van der Waals surface area contributed by atoms with Crippen molar-refractivity contribution in [1.82, 2.24) is 20.1 Å². The highest BCUT2D eigenvalue weighted by molar-refractivity contribution is 5.74. The molecule has 92 valence electrons. The Kier molecular flexibility index (Phi) is 3.74. The third-order valence-electron chi connectivity index (χ3n) is 2.68. The largest absolute Gasteiger partial charge is 0.310 e. The van der Waals surface area contributed by atoms with Crippen LogP contribution in [0.5, 0.6) is 0 Å². The summed E-state index contributed by atoms with van der Waals surface area (Å²) in [6.45, 7) is 8.23. The molecule has 0 amide bonds. The minimum atomic E-state index is 0.494. The second kappa shape index (κ2) is 5.27. The fraction of sp³-hybridized carbons (Fsp3) is 0.538. The first kappa shape index (κ1) is 12.0. The average Bonchev–Trinajstić information content (AvgIpc) is 2.70. The highest BCUT2D eigenvalue weighted by Crippen LogP contribution is 2.13. The summed E-state index contributed by atoms with van der Waals surface area (Å²) >= 11 is 0. The summed E-state index contributed by atoms with van der Waals surface area (Å²) in [5.41, 5.74) is 2.20. The van der Waals surface area contributed by atoms with E-state index in [9.17, 15) is 0 Å². The zero-order valence-electron chi connectivity index (χ0n) is 10.8. The van der Waals surface area contributed by atoms with E-state index in [2.05, 4.69) is 42.2 Å². The van der Waals surface area contributed by atoms with Crippen molar-refractivity contribution in [2.45, 2.75) is 46.3 Å². The number of aromatic nitrogens is 3. The van der Waals surface area contributed by atoms with E-state index in [0.717, 1.165) is 30.5 Å². The second-order valence-electron chi connectivity index (χ2n) is 4.66. The van der Waals surface area contributed by atoms with Gasteiger partial charge in [0, 0.05) is 30.7 Å². The van der Waals surface area contributed by atoms with E-state index in [1.165, 1.54) is 5.56 Å². The average molecular weight is 232 g/mol. The van der Waals surface area contributed by atoms with Crippen LogP contribution >= 0.6 is 0 Å². The summed E-state index contributed by atoms with van der Waals surface area (Å²) in [7, 11) is 0. The maximum Gasteiger partial charge on any atom is 0.157 e. The third-order valence-corrected chi connectivity index (χ3v) is 2.68. The van der Waals surface area contributed by atoms with Crippen LogP contribution in [-0.2, 0) is 13.1 Å². The van der Waals surface area contributed by atoms with Gasteiger partial charge in [-0.05, 0) is 18.1 Å². The summed E-state index contributed by atoms with van der Waals surface area (Å²) in [5, 5.41) is 8.87. The summed E-state index contributed by atoms with van der Waals surface area (Å²) < 4.78 is 1.97. The Hall–Kier alpha value is -1.42. The maximum atomic E-state index is 4.50. The fourth-order valence-electron chi connectivity index (χ4n) is 1.81. The molecule has 0 saturated heterocycles. The van der Waals surface area contributed by atoms with Gasteiger partial charge in [0.05, 0.1) is 6.20 Å². The van der Waals surface area contributed by atoms with Crippen LogP contribution < -0.4 is 5.32 Å². The first-order valence-corrected chi connectivity index (χ1v) is 6.24. The molecule has 0 saturated carbocycles. The summed E-state index contributed by atoms with van der Waals surface area (Å²) in [6.07, 6.45) is 4.91. The van der Waals surface area contributed by atoms with Crippen LogP contribution in [0.2, 0.25) is 0 Å². The van der Waals surface area contributed by atoms with Crippen molar-refractivity contribution in [3.63, 3.8) is 0 Å². The van der Waals surface area contributed by atoms with Crippen LogP contribution in [0.25, 0.3) is 11.0 Å². The van der Waals surface area contributed by atoms with Gasteiger partial charge in [0.2, 0.25) is 0 Å². The van der Waals surface area contributed by atoms with Crippen molar-refractivity contribution in [2.75, 3.05) is 0 Å². The van der Waals surface area contributed by atoms with Gasteiger partial charge in [-0.15, -0.1) is 0 Å².